The Labute approximate surface area is 125 Å². The third kappa shape index (κ3) is 4.59. The molecule has 1 aromatic carbocycles. The first kappa shape index (κ1) is 16.0. The van der Waals surface area contributed by atoms with E-state index in [9.17, 15) is 13.6 Å². The van der Waals surface area contributed by atoms with Crippen LogP contribution in [0.25, 0.3) is 0 Å². The molecule has 1 N–H and O–H groups in total. The fourth-order valence-corrected chi connectivity index (χ4v) is 1.78. The average Bonchev–Trinajstić information content (AvgIpc) is 2.92. The van der Waals surface area contributed by atoms with Gasteiger partial charge in [-0.15, -0.1) is 0 Å². The van der Waals surface area contributed by atoms with Crippen LogP contribution >= 0.6 is 0 Å². The Morgan fingerprint density at radius 2 is 2.23 bits per heavy atom. The number of hydrogen-bond donors (Lipinski definition) is 1. The number of carbonyl (C=O) groups excluding carboxylic acids is 1. The van der Waals surface area contributed by atoms with Crippen LogP contribution < -0.4 is 5.32 Å². The predicted octanol–water partition coefficient (Wildman–Crippen LogP) is 1.74. The molecule has 0 saturated carbocycles. The third-order valence-corrected chi connectivity index (χ3v) is 2.86. The highest BCUT2D eigenvalue weighted by molar-refractivity contribution is 5.76. The number of rotatable bonds is 7. The van der Waals surface area contributed by atoms with Crippen LogP contribution in [0.3, 0.4) is 0 Å². The SMILES string of the molecule is COCc1nc(CNC(=O)CCc2ccc(F)cc2F)no1. The molecule has 0 aliphatic rings. The monoisotopic (exact) mass is 311 g/mol. The lowest BCUT2D eigenvalue weighted by molar-refractivity contribution is -0.121. The smallest absolute Gasteiger partial charge is 0.252 e. The van der Waals surface area contributed by atoms with Crippen molar-refractivity contribution in [2.75, 3.05) is 7.11 Å². The number of hydrogen-bond acceptors (Lipinski definition) is 5. The van der Waals surface area contributed by atoms with Crippen LogP contribution in [0.4, 0.5) is 8.78 Å². The summed E-state index contributed by atoms with van der Waals surface area (Å²) in [5, 5.41) is 6.26. The van der Waals surface area contributed by atoms with E-state index in [2.05, 4.69) is 15.5 Å². The fourth-order valence-electron chi connectivity index (χ4n) is 1.78. The summed E-state index contributed by atoms with van der Waals surface area (Å²) in [5.41, 5.74) is 0.290. The summed E-state index contributed by atoms with van der Waals surface area (Å²) in [6, 6.07) is 3.28. The van der Waals surface area contributed by atoms with Crippen molar-refractivity contribution < 1.29 is 22.8 Å². The molecule has 118 valence electrons. The number of benzene rings is 1. The Bertz CT molecular complexity index is 646. The van der Waals surface area contributed by atoms with E-state index in [1.807, 2.05) is 0 Å². The molecule has 0 radical (unpaired) electrons. The lowest BCUT2D eigenvalue weighted by atomic mass is 10.1. The zero-order valence-electron chi connectivity index (χ0n) is 11.9. The summed E-state index contributed by atoms with van der Waals surface area (Å²) in [5.74, 6) is -0.944. The minimum absolute atomic E-state index is 0.0747. The molecule has 0 atom stereocenters. The van der Waals surface area contributed by atoms with Gasteiger partial charge in [0.2, 0.25) is 5.91 Å². The Balaban J connectivity index is 1.77. The molecule has 0 aliphatic heterocycles. The maximum atomic E-state index is 13.4. The molecule has 1 amide bonds. The molecule has 2 rings (SSSR count). The van der Waals surface area contributed by atoms with Gasteiger partial charge >= 0.3 is 0 Å². The maximum absolute atomic E-state index is 13.4. The molecular weight excluding hydrogens is 296 g/mol. The Kier molecular flexibility index (Phi) is 5.54. The lowest BCUT2D eigenvalue weighted by Crippen LogP contribution is -2.23. The minimum atomic E-state index is -0.657. The van der Waals surface area contributed by atoms with Gasteiger partial charge in [-0.05, 0) is 18.1 Å². The van der Waals surface area contributed by atoms with Gasteiger partial charge < -0.3 is 14.6 Å². The van der Waals surface area contributed by atoms with Gasteiger partial charge in [0.25, 0.3) is 5.89 Å². The van der Waals surface area contributed by atoms with Crippen LogP contribution in [0.2, 0.25) is 0 Å². The van der Waals surface area contributed by atoms with Crippen LogP contribution in [-0.4, -0.2) is 23.2 Å². The number of halogens is 2. The van der Waals surface area contributed by atoms with E-state index in [-0.39, 0.29) is 31.9 Å². The van der Waals surface area contributed by atoms with Crippen LogP contribution in [0, 0.1) is 11.6 Å². The van der Waals surface area contributed by atoms with E-state index in [0.29, 0.717) is 17.3 Å². The second-order valence-corrected chi connectivity index (χ2v) is 4.55. The molecular formula is C14H15F2N3O3. The molecule has 0 unspecified atom stereocenters. The van der Waals surface area contributed by atoms with E-state index in [1.165, 1.54) is 13.2 Å². The van der Waals surface area contributed by atoms with Crippen molar-refractivity contribution in [3.05, 3.63) is 47.1 Å². The standard InChI is InChI=1S/C14H15F2N3O3/c1-21-8-14-18-12(19-22-14)7-17-13(20)5-3-9-2-4-10(15)6-11(9)16/h2,4,6H,3,5,7-8H2,1H3,(H,17,20). The molecule has 0 saturated heterocycles. The van der Waals surface area contributed by atoms with Crippen molar-refractivity contribution in [3.63, 3.8) is 0 Å². The number of amides is 1. The molecule has 6 nitrogen and oxygen atoms in total. The number of nitrogens with zero attached hydrogens (tertiary/aromatic N) is 2. The molecule has 22 heavy (non-hydrogen) atoms. The number of aromatic nitrogens is 2. The van der Waals surface area contributed by atoms with Crippen LogP contribution in [0.5, 0.6) is 0 Å². The lowest BCUT2D eigenvalue weighted by Gasteiger charge is -2.04. The van der Waals surface area contributed by atoms with Crippen molar-refractivity contribution in [3.8, 4) is 0 Å². The van der Waals surface area contributed by atoms with Gasteiger partial charge in [0.1, 0.15) is 18.2 Å². The second kappa shape index (κ2) is 7.60. The van der Waals surface area contributed by atoms with Gasteiger partial charge in [-0.25, -0.2) is 8.78 Å². The topological polar surface area (TPSA) is 77.2 Å². The molecule has 2 aromatic rings. The van der Waals surface area contributed by atoms with E-state index in [4.69, 9.17) is 9.26 Å². The molecule has 0 bridgehead atoms. The summed E-state index contributed by atoms with van der Waals surface area (Å²) in [6.45, 7) is 0.308. The van der Waals surface area contributed by atoms with Gasteiger partial charge in [0.05, 0.1) is 6.54 Å². The maximum Gasteiger partial charge on any atom is 0.252 e. The van der Waals surface area contributed by atoms with Crippen molar-refractivity contribution in [2.45, 2.75) is 26.0 Å². The molecule has 0 aliphatic carbocycles. The van der Waals surface area contributed by atoms with Crippen LogP contribution in [0.1, 0.15) is 23.7 Å². The first-order valence-corrected chi connectivity index (χ1v) is 6.59. The normalized spacial score (nSPS) is 10.7. The minimum Gasteiger partial charge on any atom is -0.375 e. The van der Waals surface area contributed by atoms with Gasteiger partial charge in [-0.2, -0.15) is 4.98 Å². The molecule has 0 spiro atoms. The summed E-state index contributed by atoms with van der Waals surface area (Å²) < 4.78 is 35.9. The van der Waals surface area contributed by atoms with E-state index < -0.39 is 11.6 Å². The van der Waals surface area contributed by atoms with Crippen LogP contribution in [-0.2, 0) is 29.1 Å². The zero-order chi connectivity index (χ0) is 15.9. The second-order valence-electron chi connectivity index (χ2n) is 4.55. The average molecular weight is 311 g/mol. The fraction of sp³-hybridized carbons (Fsp3) is 0.357. The Hall–Kier alpha value is -2.35. The van der Waals surface area contributed by atoms with Crippen molar-refractivity contribution in [2.24, 2.45) is 0 Å². The summed E-state index contributed by atoms with van der Waals surface area (Å²) in [4.78, 5) is 15.7. The Morgan fingerprint density at radius 1 is 1.41 bits per heavy atom. The van der Waals surface area contributed by atoms with Crippen molar-refractivity contribution in [1.82, 2.24) is 15.5 Å². The highest BCUT2D eigenvalue weighted by atomic mass is 19.1. The predicted molar refractivity (Wildman–Crippen MR) is 71.5 cm³/mol. The van der Waals surface area contributed by atoms with Crippen molar-refractivity contribution >= 4 is 5.91 Å². The first-order valence-electron chi connectivity index (χ1n) is 6.59. The largest absolute Gasteiger partial charge is 0.375 e. The van der Waals surface area contributed by atoms with E-state index in [0.717, 1.165) is 12.1 Å². The molecule has 1 heterocycles. The molecule has 8 heteroatoms. The van der Waals surface area contributed by atoms with E-state index in [1.54, 1.807) is 0 Å². The van der Waals surface area contributed by atoms with Crippen molar-refractivity contribution in [1.29, 1.82) is 0 Å². The van der Waals surface area contributed by atoms with Gasteiger partial charge in [0, 0.05) is 19.6 Å². The molecule has 1 aromatic heterocycles. The third-order valence-electron chi connectivity index (χ3n) is 2.86. The number of ether oxygens (including phenoxy) is 1. The molecule has 0 fully saturated rings. The van der Waals surface area contributed by atoms with Gasteiger partial charge in [-0.1, -0.05) is 11.2 Å². The number of nitrogens with one attached hydrogen (secondary N) is 1. The number of methoxy groups -OCH3 is 1. The summed E-state index contributed by atoms with van der Waals surface area (Å²) in [6.07, 6.45) is 0.254. The Morgan fingerprint density at radius 3 is 2.95 bits per heavy atom. The quantitative estimate of drug-likeness (QED) is 0.843. The number of aryl methyl sites for hydroxylation is 1. The highest BCUT2D eigenvalue weighted by Gasteiger charge is 2.09. The van der Waals surface area contributed by atoms with Gasteiger partial charge in [-0.3, -0.25) is 4.79 Å². The zero-order valence-corrected chi connectivity index (χ0v) is 11.9. The summed E-state index contributed by atoms with van der Waals surface area (Å²) >= 11 is 0. The number of carbonyl (C=O) groups is 1. The van der Waals surface area contributed by atoms with Gasteiger partial charge in [0.15, 0.2) is 5.82 Å². The van der Waals surface area contributed by atoms with E-state index >= 15 is 0 Å². The first-order chi connectivity index (χ1) is 10.6. The summed E-state index contributed by atoms with van der Waals surface area (Å²) in [7, 11) is 1.50. The highest BCUT2D eigenvalue weighted by Crippen LogP contribution is 2.11. The van der Waals surface area contributed by atoms with Crippen LogP contribution in [0.15, 0.2) is 22.7 Å².